The van der Waals surface area contributed by atoms with Gasteiger partial charge in [-0.25, -0.2) is 4.98 Å². The molecule has 118 valence electrons. The molecule has 3 aromatic rings. The van der Waals surface area contributed by atoms with Gasteiger partial charge in [-0.2, -0.15) is 5.10 Å². The minimum Gasteiger partial charge on any atom is -0.364 e. The van der Waals surface area contributed by atoms with Crippen LogP contribution >= 0.6 is 46.9 Å². The standard InChI is InChI=1S/C14H12ClN5S3/c1-16-13(21)19-17-8-11-12(18-14-20(11)6-7-22-14)23-10-4-2-9(15)3-5-10/h2-8H,1H3,(H2,16,19,21)/b17-8+. The first-order valence-corrected chi connectivity index (χ1v) is 9.05. The van der Waals surface area contributed by atoms with Gasteiger partial charge in [0.1, 0.15) is 10.7 Å². The molecule has 0 fully saturated rings. The summed E-state index contributed by atoms with van der Waals surface area (Å²) in [7, 11) is 1.74. The zero-order valence-electron chi connectivity index (χ0n) is 12.0. The molecule has 2 N–H and O–H groups in total. The molecule has 0 atom stereocenters. The Bertz CT molecular complexity index is 853. The Hall–Kier alpha value is -1.61. The van der Waals surface area contributed by atoms with Crippen LogP contribution in [0, 0.1) is 0 Å². The van der Waals surface area contributed by atoms with Crippen molar-refractivity contribution in [2.75, 3.05) is 7.05 Å². The van der Waals surface area contributed by atoms with Crippen LogP contribution in [0.25, 0.3) is 4.96 Å². The number of fused-ring (bicyclic) bond motifs is 1. The third kappa shape index (κ3) is 3.84. The second-order valence-corrected chi connectivity index (χ2v) is 7.14. The topological polar surface area (TPSA) is 53.7 Å². The summed E-state index contributed by atoms with van der Waals surface area (Å²) < 4.78 is 2.00. The van der Waals surface area contributed by atoms with Crippen molar-refractivity contribution in [1.82, 2.24) is 20.1 Å². The Kier molecular flexibility index (Phi) is 5.16. The molecule has 0 aliphatic carbocycles. The number of thiocarbonyl (C=S) groups is 1. The fourth-order valence-corrected chi connectivity index (χ4v) is 3.64. The van der Waals surface area contributed by atoms with Crippen molar-refractivity contribution in [3.63, 3.8) is 0 Å². The van der Waals surface area contributed by atoms with E-state index in [2.05, 4.69) is 20.8 Å². The van der Waals surface area contributed by atoms with Crippen molar-refractivity contribution in [2.24, 2.45) is 5.10 Å². The van der Waals surface area contributed by atoms with Gasteiger partial charge in [0.15, 0.2) is 10.1 Å². The van der Waals surface area contributed by atoms with Crippen LogP contribution in [0.1, 0.15) is 5.69 Å². The normalized spacial score (nSPS) is 11.2. The summed E-state index contributed by atoms with van der Waals surface area (Å²) in [6.45, 7) is 0. The van der Waals surface area contributed by atoms with E-state index < -0.39 is 0 Å². The number of hydrogen-bond donors (Lipinski definition) is 2. The quantitative estimate of drug-likeness (QED) is 0.410. The maximum Gasteiger partial charge on any atom is 0.195 e. The lowest BCUT2D eigenvalue weighted by atomic mass is 10.4. The van der Waals surface area contributed by atoms with Gasteiger partial charge in [0.2, 0.25) is 0 Å². The molecule has 0 bridgehead atoms. The lowest BCUT2D eigenvalue weighted by Crippen LogP contribution is -2.28. The molecule has 3 rings (SSSR count). The van der Waals surface area contributed by atoms with Gasteiger partial charge in [-0.15, -0.1) is 11.3 Å². The molecule has 0 radical (unpaired) electrons. The lowest BCUT2D eigenvalue weighted by Gasteiger charge is -2.02. The number of hydrogen-bond acceptors (Lipinski definition) is 5. The zero-order chi connectivity index (χ0) is 16.2. The molecule has 0 amide bonds. The third-order valence-corrected chi connectivity index (χ3v) is 5.18. The highest BCUT2D eigenvalue weighted by atomic mass is 35.5. The molecule has 5 nitrogen and oxygen atoms in total. The smallest absolute Gasteiger partial charge is 0.195 e. The lowest BCUT2D eigenvalue weighted by molar-refractivity contribution is 0.977. The summed E-state index contributed by atoms with van der Waals surface area (Å²) in [5, 5.41) is 11.0. The van der Waals surface area contributed by atoms with E-state index in [0.717, 1.165) is 20.6 Å². The van der Waals surface area contributed by atoms with Crippen molar-refractivity contribution in [1.29, 1.82) is 0 Å². The Labute approximate surface area is 151 Å². The monoisotopic (exact) mass is 381 g/mol. The van der Waals surface area contributed by atoms with Crippen molar-refractivity contribution < 1.29 is 0 Å². The van der Waals surface area contributed by atoms with E-state index in [9.17, 15) is 0 Å². The minimum atomic E-state index is 0.458. The number of nitrogens with one attached hydrogen (secondary N) is 2. The number of rotatable bonds is 4. The van der Waals surface area contributed by atoms with Crippen molar-refractivity contribution in [3.05, 3.63) is 46.6 Å². The number of thiazole rings is 1. The van der Waals surface area contributed by atoms with Crippen LogP contribution in [-0.4, -0.2) is 27.8 Å². The van der Waals surface area contributed by atoms with Gasteiger partial charge in [-0.1, -0.05) is 23.4 Å². The minimum absolute atomic E-state index is 0.458. The number of nitrogens with zero attached hydrogens (tertiary/aromatic N) is 3. The van der Waals surface area contributed by atoms with E-state index in [1.54, 1.807) is 36.4 Å². The van der Waals surface area contributed by atoms with Gasteiger partial charge >= 0.3 is 0 Å². The molecule has 0 spiro atoms. The molecular weight excluding hydrogens is 370 g/mol. The van der Waals surface area contributed by atoms with Crippen LogP contribution in [-0.2, 0) is 0 Å². The van der Waals surface area contributed by atoms with E-state index in [0.29, 0.717) is 10.1 Å². The van der Waals surface area contributed by atoms with Gasteiger partial charge in [-0.05, 0) is 36.5 Å². The fraction of sp³-hybridized carbons (Fsp3) is 0.0714. The highest BCUT2D eigenvalue weighted by Crippen LogP contribution is 2.31. The second-order valence-electron chi connectivity index (χ2n) is 4.36. The number of benzene rings is 1. The first-order chi connectivity index (χ1) is 11.2. The van der Waals surface area contributed by atoms with E-state index in [1.165, 1.54) is 0 Å². The highest BCUT2D eigenvalue weighted by molar-refractivity contribution is 7.99. The van der Waals surface area contributed by atoms with Crippen LogP contribution in [0.2, 0.25) is 5.02 Å². The Balaban J connectivity index is 1.90. The molecule has 0 saturated carbocycles. The SMILES string of the molecule is CNC(=S)N/N=C/c1c(Sc2ccc(Cl)cc2)nc2sccn12. The predicted octanol–water partition coefficient (Wildman–Crippen LogP) is 3.63. The number of imidazole rings is 1. The summed E-state index contributed by atoms with van der Waals surface area (Å²) in [6.07, 6.45) is 3.69. The Morgan fingerprint density at radius 1 is 1.43 bits per heavy atom. The second kappa shape index (κ2) is 7.31. The third-order valence-electron chi connectivity index (χ3n) is 2.87. The van der Waals surface area contributed by atoms with Crippen LogP contribution < -0.4 is 10.7 Å². The Morgan fingerprint density at radius 3 is 2.96 bits per heavy atom. The molecule has 23 heavy (non-hydrogen) atoms. The average Bonchev–Trinajstić information content (AvgIpc) is 3.12. The average molecular weight is 382 g/mol. The van der Waals surface area contributed by atoms with Gasteiger partial charge in [0.25, 0.3) is 0 Å². The number of halogens is 1. The molecule has 0 saturated heterocycles. The van der Waals surface area contributed by atoms with Crippen LogP contribution in [0.15, 0.2) is 50.9 Å². The van der Waals surface area contributed by atoms with Crippen LogP contribution in [0.4, 0.5) is 0 Å². The molecule has 0 unspecified atom stereocenters. The largest absolute Gasteiger partial charge is 0.364 e. The highest BCUT2D eigenvalue weighted by Gasteiger charge is 2.13. The van der Waals surface area contributed by atoms with Gasteiger partial charge in [0, 0.05) is 28.5 Å². The molecule has 1 aromatic carbocycles. The fourth-order valence-electron chi connectivity index (χ4n) is 1.80. The van der Waals surface area contributed by atoms with Gasteiger partial charge < -0.3 is 5.32 Å². The van der Waals surface area contributed by atoms with Crippen LogP contribution in [0.3, 0.4) is 0 Å². The summed E-state index contributed by atoms with van der Waals surface area (Å²) in [6, 6.07) is 7.66. The number of hydrazone groups is 1. The predicted molar refractivity (Wildman–Crippen MR) is 101 cm³/mol. The van der Waals surface area contributed by atoms with E-state index in [-0.39, 0.29) is 0 Å². The maximum atomic E-state index is 5.93. The molecule has 2 heterocycles. The van der Waals surface area contributed by atoms with Gasteiger partial charge in [-0.3, -0.25) is 9.83 Å². The molecule has 0 aliphatic heterocycles. The summed E-state index contributed by atoms with van der Waals surface area (Å²) in [4.78, 5) is 6.63. The van der Waals surface area contributed by atoms with E-state index in [4.69, 9.17) is 23.8 Å². The maximum absolute atomic E-state index is 5.93. The zero-order valence-corrected chi connectivity index (χ0v) is 15.2. The molecule has 9 heteroatoms. The van der Waals surface area contributed by atoms with E-state index in [1.807, 2.05) is 40.2 Å². The summed E-state index contributed by atoms with van der Waals surface area (Å²) in [5.41, 5.74) is 3.65. The molecule has 0 aliphatic rings. The van der Waals surface area contributed by atoms with Crippen molar-refractivity contribution in [2.45, 2.75) is 9.92 Å². The van der Waals surface area contributed by atoms with E-state index >= 15 is 0 Å². The van der Waals surface area contributed by atoms with Crippen LogP contribution in [0.5, 0.6) is 0 Å². The first kappa shape index (κ1) is 16.3. The summed E-state index contributed by atoms with van der Waals surface area (Å²) >= 11 is 14.1. The number of aromatic nitrogens is 2. The Morgan fingerprint density at radius 2 is 2.22 bits per heavy atom. The van der Waals surface area contributed by atoms with Gasteiger partial charge in [0.05, 0.1) is 6.21 Å². The molecule has 2 aromatic heterocycles. The van der Waals surface area contributed by atoms with Crippen molar-refractivity contribution >= 4 is 63.2 Å². The first-order valence-electron chi connectivity index (χ1n) is 6.57. The summed E-state index contributed by atoms with van der Waals surface area (Å²) in [5.74, 6) is 0. The van der Waals surface area contributed by atoms with Crippen molar-refractivity contribution in [3.8, 4) is 0 Å². The molecular formula is C14H12ClN5S3.